The Bertz CT molecular complexity index is 231. The van der Waals surface area contributed by atoms with Crippen LogP contribution >= 0.6 is 0 Å². The Hall–Kier alpha value is -0.610. The molecule has 0 aromatic heterocycles. The van der Waals surface area contributed by atoms with Crippen LogP contribution in [0, 0.1) is 5.92 Å². The van der Waals surface area contributed by atoms with Gasteiger partial charge in [-0.25, -0.2) is 4.79 Å². The van der Waals surface area contributed by atoms with Crippen molar-refractivity contribution in [1.29, 1.82) is 0 Å². The summed E-state index contributed by atoms with van der Waals surface area (Å²) in [7, 11) is 3.40. The second kappa shape index (κ2) is 3.87. The van der Waals surface area contributed by atoms with E-state index in [4.69, 9.17) is 0 Å². The third-order valence-corrected chi connectivity index (χ3v) is 3.44. The summed E-state index contributed by atoms with van der Waals surface area (Å²) >= 11 is 0. The fourth-order valence-electron chi connectivity index (χ4n) is 2.16. The number of quaternary nitrogens is 1. The molecule has 0 aromatic rings. The van der Waals surface area contributed by atoms with E-state index in [0.29, 0.717) is 6.42 Å². The predicted molar refractivity (Wildman–Crippen MR) is 52.0 cm³/mol. The number of carbonyl (C=O) groups excluding carboxylic acids is 1. The van der Waals surface area contributed by atoms with Crippen molar-refractivity contribution in [1.82, 2.24) is 0 Å². The van der Waals surface area contributed by atoms with Crippen LogP contribution in [0.25, 0.3) is 0 Å². The molecule has 0 aromatic carbocycles. The molecule has 14 heavy (non-hydrogen) atoms. The maximum Gasteiger partial charge on any atom is 0.338 e. The number of aliphatic hydroxyl groups is 1. The molecule has 1 unspecified atom stereocenters. The molecule has 4 heteroatoms. The average Bonchev–Trinajstić information content (AvgIpc) is 2.13. The van der Waals surface area contributed by atoms with Gasteiger partial charge in [-0.2, -0.15) is 0 Å². The van der Waals surface area contributed by atoms with Gasteiger partial charge in [0.1, 0.15) is 0 Å². The maximum atomic E-state index is 11.5. The zero-order valence-electron chi connectivity index (χ0n) is 9.33. The average molecular weight is 202 g/mol. The molecule has 1 saturated heterocycles. The Morgan fingerprint density at radius 1 is 1.57 bits per heavy atom. The molecule has 1 aliphatic heterocycles. The summed E-state index contributed by atoms with van der Waals surface area (Å²) in [5, 5.41) is 10.2. The molecule has 82 valence electrons. The Labute approximate surface area is 84.8 Å². The minimum Gasteiger partial charge on any atom is -0.467 e. The van der Waals surface area contributed by atoms with Crippen molar-refractivity contribution >= 4 is 5.97 Å². The Balaban J connectivity index is 2.83. The monoisotopic (exact) mass is 202 g/mol. The number of hydrogen-bond acceptors (Lipinski definition) is 3. The van der Waals surface area contributed by atoms with Gasteiger partial charge in [0.05, 0.1) is 26.7 Å². The number of hydrogen-bond donors (Lipinski definition) is 2. The van der Waals surface area contributed by atoms with E-state index in [1.165, 1.54) is 12.0 Å². The summed E-state index contributed by atoms with van der Waals surface area (Å²) in [5.74, 6) is -0.546. The highest BCUT2D eigenvalue weighted by Crippen LogP contribution is 2.26. The lowest BCUT2D eigenvalue weighted by Crippen LogP contribution is -3.15. The number of nitrogens with one attached hydrogen (secondary N) is 1. The quantitative estimate of drug-likeness (QED) is 0.527. The zero-order valence-corrected chi connectivity index (χ0v) is 9.33. The number of likely N-dealkylation sites (tertiary alicyclic amines) is 1. The lowest BCUT2D eigenvalue weighted by Gasteiger charge is -2.41. The lowest BCUT2D eigenvalue weighted by atomic mass is 9.79. The van der Waals surface area contributed by atoms with Crippen LogP contribution in [0.3, 0.4) is 0 Å². The largest absolute Gasteiger partial charge is 0.467 e. The molecule has 0 bridgehead atoms. The van der Waals surface area contributed by atoms with Crippen molar-refractivity contribution in [2.45, 2.75) is 31.9 Å². The molecule has 1 fully saturated rings. The molecule has 0 amide bonds. The van der Waals surface area contributed by atoms with E-state index < -0.39 is 11.6 Å². The first kappa shape index (κ1) is 11.5. The molecule has 1 aliphatic rings. The highest BCUT2D eigenvalue weighted by atomic mass is 16.5. The van der Waals surface area contributed by atoms with E-state index in [9.17, 15) is 9.90 Å². The van der Waals surface area contributed by atoms with Gasteiger partial charge in [-0.05, 0) is 6.92 Å². The highest BCUT2D eigenvalue weighted by Gasteiger charge is 2.50. The third-order valence-electron chi connectivity index (χ3n) is 3.44. The van der Waals surface area contributed by atoms with Crippen LogP contribution in [0.1, 0.15) is 20.3 Å². The van der Waals surface area contributed by atoms with Gasteiger partial charge < -0.3 is 14.7 Å². The summed E-state index contributed by atoms with van der Waals surface area (Å²) in [6.45, 7) is 4.73. The van der Waals surface area contributed by atoms with E-state index in [0.717, 1.165) is 6.54 Å². The van der Waals surface area contributed by atoms with Crippen LogP contribution < -0.4 is 4.90 Å². The van der Waals surface area contributed by atoms with Gasteiger partial charge in [-0.15, -0.1) is 0 Å². The van der Waals surface area contributed by atoms with Gasteiger partial charge >= 0.3 is 5.97 Å². The molecule has 0 saturated carbocycles. The topological polar surface area (TPSA) is 51.0 Å². The summed E-state index contributed by atoms with van der Waals surface area (Å²) in [5.41, 5.74) is -1.28. The number of esters is 1. The van der Waals surface area contributed by atoms with Crippen molar-refractivity contribution in [2.24, 2.45) is 5.92 Å². The van der Waals surface area contributed by atoms with Gasteiger partial charge in [0, 0.05) is 12.3 Å². The fraction of sp³-hybridized carbons (Fsp3) is 0.900. The van der Waals surface area contributed by atoms with Crippen LogP contribution in [-0.2, 0) is 9.53 Å². The first-order valence-electron chi connectivity index (χ1n) is 5.05. The number of methoxy groups -OCH3 is 1. The maximum absolute atomic E-state index is 11.5. The van der Waals surface area contributed by atoms with Crippen LogP contribution in [-0.4, -0.2) is 43.4 Å². The van der Waals surface area contributed by atoms with Gasteiger partial charge in [0.2, 0.25) is 0 Å². The van der Waals surface area contributed by atoms with Crippen molar-refractivity contribution in [3.05, 3.63) is 0 Å². The van der Waals surface area contributed by atoms with E-state index in [1.54, 1.807) is 0 Å². The van der Waals surface area contributed by atoms with Crippen LogP contribution in [0.4, 0.5) is 0 Å². The van der Waals surface area contributed by atoms with E-state index in [-0.39, 0.29) is 12.0 Å². The van der Waals surface area contributed by atoms with Gasteiger partial charge in [0.15, 0.2) is 5.60 Å². The molecule has 0 radical (unpaired) electrons. The molecule has 1 heterocycles. The van der Waals surface area contributed by atoms with Crippen molar-refractivity contribution in [3.63, 3.8) is 0 Å². The number of carbonyl (C=O) groups is 1. The standard InChI is InChI=1S/C10H19NO3/c1-7-6-11(3)8(2)5-10(7,13)9(12)14-4/h7-8,13H,5-6H2,1-4H3/p+1/t7-,8-,10+/m0/s1. The van der Waals surface area contributed by atoms with Crippen LogP contribution in [0.15, 0.2) is 0 Å². The van der Waals surface area contributed by atoms with E-state index in [2.05, 4.69) is 11.8 Å². The number of ether oxygens (including phenoxy) is 1. The minimum atomic E-state index is -1.28. The molecular weight excluding hydrogens is 182 g/mol. The smallest absolute Gasteiger partial charge is 0.338 e. The summed E-state index contributed by atoms with van der Waals surface area (Å²) < 4.78 is 4.65. The molecule has 0 aliphatic carbocycles. The summed E-state index contributed by atoms with van der Waals surface area (Å²) in [6, 6.07) is 0.287. The second-order valence-corrected chi connectivity index (χ2v) is 4.47. The molecule has 1 rings (SSSR count). The Morgan fingerprint density at radius 3 is 2.64 bits per heavy atom. The first-order valence-corrected chi connectivity index (χ1v) is 5.05. The normalized spacial score (nSPS) is 43.4. The SMILES string of the molecule is COC(=O)[C@@]1(O)C[C@H](C)[NH+](C)C[C@@H]1C. The van der Waals surface area contributed by atoms with Crippen LogP contribution in [0.2, 0.25) is 0 Å². The Kier molecular flexibility index (Phi) is 3.17. The van der Waals surface area contributed by atoms with Crippen molar-refractivity contribution in [3.8, 4) is 0 Å². The fourth-order valence-corrected chi connectivity index (χ4v) is 2.16. The number of piperidine rings is 1. The number of rotatable bonds is 1. The predicted octanol–water partition coefficient (Wildman–Crippen LogP) is -1.17. The second-order valence-electron chi connectivity index (χ2n) is 4.47. The van der Waals surface area contributed by atoms with Crippen molar-refractivity contribution in [2.75, 3.05) is 20.7 Å². The Morgan fingerprint density at radius 2 is 2.14 bits per heavy atom. The van der Waals surface area contributed by atoms with Gasteiger partial charge in [-0.3, -0.25) is 0 Å². The molecule has 4 nitrogen and oxygen atoms in total. The van der Waals surface area contributed by atoms with Gasteiger partial charge in [0.25, 0.3) is 0 Å². The van der Waals surface area contributed by atoms with E-state index in [1.807, 2.05) is 13.8 Å². The summed E-state index contributed by atoms with van der Waals surface area (Å²) in [6.07, 6.45) is 0.479. The molecular formula is C10H20NO3+. The third kappa shape index (κ3) is 1.77. The minimum absolute atomic E-state index is 0.0499. The molecule has 4 atom stereocenters. The van der Waals surface area contributed by atoms with Crippen molar-refractivity contribution < 1.29 is 19.5 Å². The summed E-state index contributed by atoms with van der Waals surface area (Å²) in [4.78, 5) is 12.8. The highest BCUT2D eigenvalue weighted by molar-refractivity contribution is 5.79. The van der Waals surface area contributed by atoms with E-state index >= 15 is 0 Å². The van der Waals surface area contributed by atoms with Crippen LogP contribution in [0.5, 0.6) is 0 Å². The first-order chi connectivity index (χ1) is 6.41. The zero-order chi connectivity index (χ0) is 10.9. The molecule has 2 N–H and O–H groups in total. The lowest BCUT2D eigenvalue weighted by molar-refractivity contribution is -0.915. The molecule has 0 spiro atoms. The van der Waals surface area contributed by atoms with Gasteiger partial charge in [-0.1, -0.05) is 6.92 Å².